The standard InChI is InChI=1S/C12H22ClNO3/c1-4-9(13)12(15)14-7-10(16-5-2)11(8-14)17-6-3/h9-11H,4-8H2,1-3H3/t9-,10-,11-/m1/s1. The highest BCUT2D eigenvalue weighted by Crippen LogP contribution is 2.19. The quantitative estimate of drug-likeness (QED) is 0.684. The summed E-state index contributed by atoms with van der Waals surface area (Å²) in [6.07, 6.45) is 0.601. The van der Waals surface area contributed by atoms with Crippen LogP contribution in [0.4, 0.5) is 0 Å². The van der Waals surface area contributed by atoms with Gasteiger partial charge in [0.2, 0.25) is 5.91 Å². The van der Waals surface area contributed by atoms with Crippen LogP contribution in [0.5, 0.6) is 0 Å². The molecule has 0 aromatic heterocycles. The Balaban J connectivity index is 2.58. The molecule has 0 bridgehead atoms. The molecule has 1 fully saturated rings. The van der Waals surface area contributed by atoms with Crippen LogP contribution in [0, 0.1) is 0 Å². The SMILES string of the molecule is CCO[C@@H]1CN(C(=O)[C@H](Cl)CC)C[C@H]1OCC. The third kappa shape index (κ3) is 3.83. The lowest BCUT2D eigenvalue weighted by molar-refractivity contribution is -0.130. The van der Waals surface area contributed by atoms with Gasteiger partial charge in [0.05, 0.1) is 0 Å². The summed E-state index contributed by atoms with van der Waals surface area (Å²) in [6.45, 7) is 8.24. The van der Waals surface area contributed by atoms with E-state index in [4.69, 9.17) is 21.1 Å². The monoisotopic (exact) mass is 263 g/mol. The van der Waals surface area contributed by atoms with E-state index < -0.39 is 5.38 Å². The van der Waals surface area contributed by atoms with Crippen molar-refractivity contribution in [3.8, 4) is 0 Å². The number of hydrogen-bond acceptors (Lipinski definition) is 3. The third-order valence-electron chi connectivity index (χ3n) is 2.91. The minimum Gasteiger partial charge on any atom is -0.374 e. The molecule has 3 atom stereocenters. The van der Waals surface area contributed by atoms with E-state index in [1.807, 2.05) is 20.8 Å². The summed E-state index contributed by atoms with van der Waals surface area (Å²) in [4.78, 5) is 13.7. The van der Waals surface area contributed by atoms with Crippen molar-refractivity contribution in [1.82, 2.24) is 4.90 Å². The van der Waals surface area contributed by atoms with Crippen molar-refractivity contribution in [2.24, 2.45) is 0 Å². The maximum atomic E-state index is 12.0. The molecule has 100 valence electrons. The first-order chi connectivity index (χ1) is 8.13. The number of carbonyl (C=O) groups is 1. The lowest BCUT2D eigenvalue weighted by Gasteiger charge is -2.18. The average Bonchev–Trinajstić information content (AvgIpc) is 2.72. The van der Waals surface area contributed by atoms with Crippen molar-refractivity contribution in [2.45, 2.75) is 44.8 Å². The number of amides is 1. The number of rotatable bonds is 6. The molecule has 1 aliphatic heterocycles. The molecule has 0 spiro atoms. The molecule has 1 heterocycles. The Kier molecular flexibility index (Phi) is 6.23. The molecule has 0 aromatic rings. The molecule has 0 saturated carbocycles. The summed E-state index contributed by atoms with van der Waals surface area (Å²) in [7, 11) is 0. The lowest BCUT2D eigenvalue weighted by Crippen LogP contribution is -2.35. The van der Waals surface area contributed by atoms with Gasteiger partial charge in [-0.1, -0.05) is 6.92 Å². The van der Waals surface area contributed by atoms with Crippen LogP contribution in [0.2, 0.25) is 0 Å². The van der Waals surface area contributed by atoms with E-state index in [1.54, 1.807) is 4.90 Å². The predicted octanol–water partition coefficient (Wildman–Crippen LogP) is 1.66. The molecule has 0 aromatic carbocycles. The van der Waals surface area contributed by atoms with Crippen molar-refractivity contribution < 1.29 is 14.3 Å². The topological polar surface area (TPSA) is 38.8 Å². The van der Waals surface area contributed by atoms with Gasteiger partial charge in [0.15, 0.2) is 0 Å². The van der Waals surface area contributed by atoms with Crippen LogP contribution in [-0.2, 0) is 14.3 Å². The molecule has 1 saturated heterocycles. The summed E-state index contributed by atoms with van der Waals surface area (Å²) in [6, 6.07) is 0. The van der Waals surface area contributed by atoms with E-state index in [-0.39, 0.29) is 18.1 Å². The van der Waals surface area contributed by atoms with Gasteiger partial charge in [-0.3, -0.25) is 4.79 Å². The molecular weight excluding hydrogens is 242 g/mol. The van der Waals surface area contributed by atoms with Gasteiger partial charge >= 0.3 is 0 Å². The van der Waals surface area contributed by atoms with E-state index in [0.717, 1.165) is 0 Å². The summed E-state index contributed by atoms with van der Waals surface area (Å²) in [5.74, 6) is -0.0129. The largest absolute Gasteiger partial charge is 0.374 e. The maximum absolute atomic E-state index is 12.0. The Morgan fingerprint density at radius 2 is 1.71 bits per heavy atom. The van der Waals surface area contributed by atoms with Gasteiger partial charge in [0, 0.05) is 26.3 Å². The lowest BCUT2D eigenvalue weighted by atomic mass is 10.2. The Labute approximate surface area is 108 Å². The number of carbonyl (C=O) groups excluding carboxylic acids is 1. The number of likely N-dealkylation sites (tertiary alicyclic amines) is 1. The van der Waals surface area contributed by atoms with Crippen LogP contribution in [0.25, 0.3) is 0 Å². The van der Waals surface area contributed by atoms with Crippen LogP contribution in [0.15, 0.2) is 0 Å². The molecule has 17 heavy (non-hydrogen) atoms. The molecule has 4 nitrogen and oxygen atoms in total. The van der Waals surface area contributed by atoms with Crippen molar-refractivity contribution in [3.63, 3.8) is 0 Å². The normalized spacial score (nSPS) is 26.2. The van der Waals surface area contributed by atoms with Gasteiger partial charge in [-0.05, 0) is 20.3 Å². The Morgan fingerprint density at radius 1 is 1.24 bits per heavy atom. The Bertz CT molecular complexity index is 236. The molecule has 1 rings (SSSR count). The molecule has 5 heteroatoms. The molecule has 0 N–H and O–H groups in total. The summed E-state index contributed by atoms with van der Waals surface area (Å²) >= 11 is 5.97. The number of nitrogens with zero attached hydrogens (tertiary/aromatic N) is 1. The zero-order valence-electron chi connectivity index (χ0n) is 10.8. The molecule has 1 aliphatic rings. The van der Waals surface area contributed by atoms with E-state index in [1.165, 1.54) is 0 Å². The van der Waals surface area contributed by atoms with E-state index in [2.05, 4.69) is 0 Å². The van der Waals surface area contributed by atoms with Gasteiger partial charge in [-0.2, -0.15) is 0 Å². The first-order valence-corrected chi connectivity index (χ1v) is 6.73. The molecular formula is C12H22ClNO3. The highest BCUT2D eigenvalue weighted by molar-refractivity contribution is 6.30. The maximum Gasteiger partial charge on any atom is 0.240 e. The number of ether oxygens (including phenoxy) is 2. The van der Waals surface area contributed by atoms with Gasteiger partial charge in [0.1, 0.15) is 17.6 Å². The third-order valence-corrected chi connectivity index (χ3v) is 3.41. The van der Waals surface area contributed by atoms with Gasteiger partial charge in [-0.15, -0.1) is 11.6 Å². The highest BCUT2D eigenvalue weighted by atomic mass is 35.5. The van der Waals surface area contributed by atoms with Gasteiger partial charge < -0.3 is 14.4 Å². The van der Waals surface area contributed by atoms with Crippen molar-refractivity contribution >= 4 is 17.5 Å². The first kappa shape index (κ1) is 14.7. The van der Waals surface area contributed by atoms with Crippen LogP contribution in [0.3, 0.4) is 0 Å². The second-order valence-corrected chi connectivity index (χ2v) is 4.63. The Morgan fingerprint density at radius 3 is 2.06 bits per heavy atom. The summed E-state index contributed by atoms with van der Waals surface area (Å²) in [5, 5.41) is -0.433. The minimum atomic E-state index is -0.433. The minimum absolute atomic E-state index is 0.0129. The van der Waals surface area contributed by atoms with Gasteiger partial charge in [-0.25, -0.2) is 0 Å². The van der Waals surface area contributed by atoms with Crippen LogP contribution >= 0.6 is 11.6 Å². The average molecular weight is 264 g/mol. The summed E-state index contributed by atoms with van der Waals surface area (Å²) < 4.78 is 11.2. The van der Waals surface area contributed by atoms with Crippen LogP contribution < -0.4 is 0 Å². The fraction of sp³-hybridized carbons (Fsp3) is 0.917. The molecule has 0 aliphatic carbocycles. The fourth-order valence-corrected chi connectivity index (χ4v) is 2.18. The smallest absolute Gasteiger partial charge is 0.240 e. The Hall–Kier alpha value is -0.320. The van der Waals surface area contributed by atoms with Crippen LogP contribution in [-0.4, -0.2) is 54.7 Å². The van der Waals surface area contributed by atoms with Gasteiger partial charge in [0.25, 0.3) is 0 Å². The van der Waals surface area contributed by atoms with Crippen molar-refractivity contribution in [3.05, 3.63) is 0 Å². The highest BCUT2D eigenvalue weighted by Gasteiger charge is 2.37. The van der Waals surface area contributed by atoms with Crippen LogP contribution in [0.1, 0.15) is 27.2 Å². The van der Waals surface area contributed by atoms with Crippen molar-refractivity contribution in [2.75, 3.05) is 26.3 Å². The zero-order valence-corrected chi connectivity index (χ0v) is 11.6. The molecule has 1 amide bonds. The van der Waals surface area contributed by atoms with E-state index in [0.29, 0.717) is 32.7 Å². The van der Waals surface area contributed by atoms with E-state index in [9.17, 15) is 4.79 Å². The zero-order chi connectivity index (χ0) is 12.8. The molecule has 0 radical (unpaired) electrons. The number of hydrogen-bond donors (Lipinski definition) is 0. The van der Waals surface area contributed by atoms with Crippen molar-refractivity contribution in [1.29, 1.82) is 0 Å². The summed E-state index contributed by atoms with van der Waals surface area (Å²) in [5.41, 5.74) is 0. The predicted molar refractivity (Wildman–Crippen MR) is 67.3 cm³/mol. The molecule has 0 unspecified atom stereocenters. The number of halogens is 1. The second kappa shape index (κ2) is 7.19. The second-order valence-electron chi connectivity index (χ2n) is 4.11. The fourth-order valence-electron chi connectivity index (χ4n) is 2.04. The number of alkyl halides is 1. The first-order valence-electron chi connectivity index (χ1n) is 6.30. The van der Waals surface area contributed by atoms with E-state index >= 15 is 0 Å².